The first-order valence-electron chi connectivity index (χ1n) is 10.1. The van der Waals surface area contributed by atoms with Crippen molar-refractivity contribution in [2.45, 2.75) is 18.1 Å². The fraction of sp³-hybridized carbons (Fsp3) is 0.333. The summed E-state index contributed by atoms with van der Waals surface area (Å²) in [6.07, 6.45) is -5.17. The van der Waals surface area contributed by atoms with Gasteiger partial charge >= 0.3 is 18.0 Å². The fourth-order valence-corrected chi connectivity index (χ4v) is 4.01. The van der Waals surface area contributed by atoms with Crippen molar-refractivity contribution in [2.24, 2.45) is 0 Å². The number of hydrogen-bond acceptors (Lipinski definition) is 6. The van der Waals surface area contributed by atoms with Crippen molar-refractivity contribution in [1.82, 2.24) is 15.5 Å². The number of ether oxygens (including phenoxy) is 1. The zero-order valence-corrected chi connectivity index (χ0v) is 18.6. The van der Waals surface area contributed by atoms with Gasteiger partial charge in [0.05, 0.1) is 29.0 Å². The number of alkyl halides is 5. The second-order valence-corrected chi connectivity index (χ2v) is 8.45. The number of thiophene rings is 1. The van der Waals surface area contributed by atoms with Gasteiger partial charge in [-0.05, 0) is 12.1 Å². The molecule has 1 aromatic heterocycles. The smallest absolute Gasteiger partial charge is 0.377 e. The van der Waals surface area contributed by atoms with E-state index in [1.165, 1.54) is 29.6 Å². The second kappa shape index (κ2) is 10.5. The van der Waals surface area contributed by atoms with Gasteiger partial charge in [-0.1, -0.05) is 30.3 Å². The third-order valence-corrected chi connectivity index (χ3v) is 6.07. The summed E-state index contributed by atoms with van der Waals surface area (Å²) in [6, 6.07) is 8.11. The third kappa shape index (κ3) is 6.19. The molecule has 1 atom stereocenters. The highest BCUT2D eigenvalue weighted by Crippen LogP contribution is 2.31. The first kappa shape index (κ1) is 26.2. The minimum Gasteiger partial charge on any atom is -0.377 e. The summed E-state index contributed by atoms with van der Waals surface area (Å²) >= 11 is 0.647. The molecule has 1 aromatic carbocycles. The van der Waals surface area contributed by atoms with Crippen LogP contribution in [0.15, 0.2) is 42.5 Å². The summed E-state index contributed by atoms with van der Waals surface area (Å²) in [7, 11) is 0. The molecule has 35 heavy (non-hydrogen) atoms. The SMILES string of the molecule is N=C(NC(=O)C(F)(F)F)c1ccc(C(=O)NC[C@H]2COCCN2C(=O)C(F)(F)c2ccccc2)s1. The molecule has 0 saturated carbocycles. The largest absolute Gasteiger partial charge is 0.471 e. The standard InChI is InChI=1S/C21H19F5N4O4S/c22-20(23,12-4-2-1-3-5-12)19(33)30-8-9-34-11-13(30)10-28-17(31)15-7-6-14(35-15)16(27)29-18(32)21(24,25)26/h1-7,13H,8-11H2,(H,28,31)(H2,27,29,32)/t13-/m0/s1. The first-order valence-corrected chi connectivity index (χ1v) is 10.9. The van der Waals surface area contributed by atoms with Crippen molar-refractivity contribution < 1.29 is 41.1 Å². The molecule has 8 nitrogen and oxygen atoms in total. The van der Waals surface area contributed by atoms with E-state index in [2.05, 4.69) is 5.32 Å². The lowest BCUT2D eigenvalue weighted by atomic mass is 10.1. The van der Waals surface area contributed by atoms with Crippen LogP contribution in [0.2, 0.25) is 0 Å². The number of benzene rings is 1. The summed E-state index contributed by atoms with van der Waals surface area (Å²) in [5, 5.41) is 11.4. The van der Waals surface area contributed by atoms with Crippen LogP contribution >= 0.6 is 11.3 Å². The maximum absolute atomic E-state index is 14.8. The quantitative estimate of drug-likeness (QED) is 0.310. The minimum absolute atomic E-state index is 0.00442. The zero-order valence-electron chi connectivity index (χ0n) is 17.8. The Bertz CT molecular complexity index is 1110. The summed E-state index contributed by atoms with van der Waals surface area (Å²) < 4.78 is 71.8. The summed E-state index contributed by atoms with van der Waals surface area (Å²) in [6.45, 7) is -0.395. The molecular weight excluding hydrogens is 499 g/mol. The van der Waals surface area contributed by atoms with Crippen LogP contribution in [0.25, 0.3) is 0 Å². The maximum atomic E-state index is 14.8. The van der Waals surface area contributed by atoms with E-state index in [-0.39, 0.29) is 36.1 Å². The Labute approximate surface area is 199 Å². The lowest BCUT2D eigenvalue weighted by Gasteiger charge is -2.37. The Kier molecular flexibility index (Phi) is 7.85. The average molecular weight is 518 g/mol. The van der Waals surface area contributed by atoms with Gasteiger partial charge in [-0.25, -0.2) is 0 Å². The van der Waals surface area contributed by atoms with Crippen LogP contribution in [-0.4, -0.2) is 67.0 Å². The predicted octanol–water partition coefficient (Wildman–Crippen LogP) is 2.50. The van der Waals surface area contributed by atoms with Crippen LogP contribution in [0.1, 0.15) is 20.1 Å². The summed E-state index contributed by atoms with van der Waals surface area (Å²) in [4.78, 5) is 36.9. The molecule has 1 saturated heterocycles. The number of hydrogen-bond donors (Lipinski definition) is 3. The number of nitrogens with zero attached hydrogens (tertiary/aromatic N) is 1. The Morgan fingerprint density at radius 3 is 2.37 bits per heavy atom. The molecule has 188 valence electrons. The molecule has 1 aliphatic rings. The lowest BCUT2D eigenvalue weighted by Crippen LogP contribution is -2.56. The highest BCUT2D eigenvalue weighted by Gasteiger charge is 2.46. The van der Waals surface area contributed by atoms with E-state index in [0.29, 0.717) is 11.3 Å². The van der Waals surface area contributed by atoms with Crippen molar-refractivity contribution in [1.29, 1.82) is 5.41 Å². The van der Waals surface area contributed by atoms with E-state index in [4.69, 9.17) is 10.1 Å². The molecule has 1 aliphatic heterocycles. The Hall–Kier alpha value is -3.39. The van der Waals surface area contributed by atoms with Crippen molar-refractivity contribution in [3.63, 3.8) is 0 Å². The number of amides is 3. The zero-order chi connectivity index (χ0) is 25.8. The van der Waals surface area contributed by atoms with Crippen LogP contribution in [-0.2, 0) is 20.2 Å². The van der Waals surface area contributed by atoms with Crippen molar-refractivity contribution in [3.8, 4) is 0 Å². The molecule has 0 bridgehead atoms. The van der Waals surface area contributed by atoms with E-state index in [0.717, 1.165) is 17.0 Å². The lowest BCUT2D eigenvalue weighted by molar-refractivity contribution is -0.171. The topological polar surface area (TPSA) is 112 Å². The fourth-order valence-electron chi connectivity index (χ4n) is 3.18. The first-order chi connectivity index (χ1) is 16.4. The molecule has 0 aliphatic carbocycles. The van der Waals surface area contributed by atoms with E-state index in [9.17, 15) is 36.3 Å². The normalized spacial score (nSPS) is 16.5. The molecule has 2 aromatic rings. The van der Waals surface area contributed by atoms with Gasteiger partial charge in [0.1, 0.15) is 5.84 Å². The number of amidine groups is 1. The molecule has 3 N–H and O–H groups in total. The van der Waals surface area contributed by atoms with E-state index in [1.807, 2.05) is 0 Å². The number of rotatable bonds is 6. The van der Waals surface area contributed by atoms with Crippen LogP contribution < -0.4 is 10.6 Å². The van der Waals surface area contributed by atoms with Gasteiger partial charge in [-0.2, -0.15) is 22.0 Å². The molecule has 0 unspecified atom stereocenters. The molecule has 3 amide bonds. The Balaban J connectivity index is 1.63. The van der Waals surface area contributed by atoms with Crippen LogP contribution in [0, 0.1) is 5.41 Å². The predicted molar refractivity (Wildman–Crippen MR) is 114 cm³/mol. The molecule has 14 heteroatoms. The monoisotopic (exact) mass is 518 g/mol. The Morgan fingerprint density at radius 2 is 1.71 bits per heavy atom. The maximum Gasteiger partial charge on any atom is 0.471 e. The van der Waals surface area contributed by atoms with E-state index >= 15 is 0 Å². The van der Waals surface area contributed by atoms with Crippen molar-refractivity contribution >= 4 is 34.9 Å². The summed E-state index contributed by atoms with van der Waals surface area (Å²) in [5.74, 6) is -9.08. The molecule has 0 spiro atoms. The molecule has 1 fully saturated rings. The van der Waals surface area contributed by atoms with Gasteiger partial charge in [0.25, 0.3) is 11.8 Å². The number of nitrogens with one attached hydrogen (secondary N) is 3. The van der Waals surface area contributed by atoms with Gasteiger partial charge in [-0.3, -0.25) is 19.8 Å². The van der Waals surface area contributed by atoms with Crippen LogP contribution in [0.5, 0.6) is 0 Å². The van der Waals surface area contributed by atoms with E-state index in [1.54, 1.807) is 6.07 Å². The number of carbonyl (C=O) groups excluding carboxylic acids is 3. The van der Waals surface area contributed by atoms with Crippen LogP contribution in [0.3, 0.4) is 0 Å². The molecular formula is C21H19F5N4O4S. The average Bonchev–Trinajstić information content (AvgIpc) is 3.33. The number of halogens is 5. The Morgan fingerprint density at radius 1 is 1.06 bits per heavy atom. The number of morpholine rings is 1. The second-order valence-electron chi connectivity index (χ2n) is 7.37. The highest BCUT2D eigenvalue weighted by atomic mass is 32.1. The van der Waals surface area contributed by atoms with Crippen molar-refractivity contribution in [3.05, 3.63) is 57.8 Å². The van der Waals surface area contributed by atoms with Crippen LogP contribution in [0.4, 0.5) is 22.0 Å². The molecule has 0 radical (unpaired) electrons. The number of carbonyl (C=O) groups is 3. The highest BCUT2D eigenvalue weighted by molar-refractivity contribution is 7.16. The molecule has 3 rings (SSSR count). The van der Waals surface area contributed by atoms with Gasteiger partial charge < -0.3 is 20.3 Å². The van der Waals surface area contributed by atoms with Gasteiger partial charge in [0, 0.05) is 18.7 Å². The minimum atomic E-state index is -5.17. The van der Waals surface area contributed by atoms with Gasteiger partial charge in [-0.15, -0.1) is 11.3 Å². The van der Waals surface area contributed by atoms with Gasteiger partial charge in [0.2, 0.25) is 0 Å². The third-order valence-electron chi connectivity index (χ3n) is 4.96. The van der Waals surface area contributed by atoms with Gasteiger partial charge in [0.15, 0.2) is 0 Å². The van der Waals surface area contributed by atoms with E-state index < -0.39 is 47.3 Å². The van der Waals surface area contributed by atoms with Crippen molar-refractivity contribution in [2.75, 3.05) is 26.3 Å². The summed E-state index contributed by atoms with van der Waals surface area (Å²) in [5.41, 5.74) is -0.467. The molecule has 2 heterocycles.